The first-order valence-electron chi connectivity index (χ1n) is 12.1. The summed E-state index contributed by atoms with van der Waals surface area (Å²) < 4.78 is 38.0. The summed E-state index contributed by atoms with van der Waals surface area (Å²) in [6, 6.07) is 11.3. The summed E-state index contributed by atoms with van der Waals surface area (Å²) in [5.74, 6) is -0.00237. The molecule has 11 heteroatoms. The zero-order chi connectivity index (χ0) is 27.2. The van der Waals surface area contributed by atoms with Crippen LogP contribution in [0, 0.1) is 0 Å². The minimum absolute atomic E-state index is 0.0945. The van der Waals surface area contributed by atoms with E-state index < -0.39 is 28.5 Å². The Morgan fingerprint density at radius 3 is 2.35 bits per heavy atom. The lowest BCUT2D eigenvalue weighted by molar-refractivity contribution is -0.139. The van der Waals surface area contributed by atoms with Gasteiger partial charge in [-0.3, -0.25) is 13.9 Å². The summed E-state index contributed by atoms with van der Waals surface area (Å²) in [7, 11) is -0.928. The Kier molecular flexibility index (Phi) is 9.83. The number of nitrogens with zero attached hydrogens (tertiary/aromatic N) is 2. The Bertz CT molecular complexity index is 1220. The van der Waals surface area contributed by atoms with E-state index >= 15 is 0 Å². The van der Waals surface area contributed by atoms with E-state index in [-0.39, 0.29) is 24.2 Å². The van der Waals surface area contributed by atoms with Gasteiger partial charge in [0.05, 0.1) is 26.2 Å². The van der Waals surface area contributed by atoms with Gasteiger partial charge in [-0.05, 0) is 49.6 Å². The van der Waals surface area contributed by atoms with Crippen molar-refractivity contribution in [1.82, 2.24) is 10.2 Å². The second-order valence-corrected chi connectivity index (χ2v) is 11.9. The minimum atomic E-state index is -3.85. The number of amides is 2. The fourth-order valence-electron chi connectivity index (χ4n) is 4.40. The number of ether oxygens (including phenoxy) is 2. The van der Waals surface area contributed by atoms with E-state index in [1.807, 2.05) is 24.3 Å². The van der Waals surface area contributed by atoms with Crippen LogP contribution in [0.4, 0.5) is 5.69 Å². The number of nitrogens with one attached hydrogen (secondary N) is 1. The standard InChI is InChI=1S/C26H34BrN3O6S/c1-18(26(32)28-21-10-5-6-11-21)29(16-19-8-7-9-20(27)14-19)25(31)17-30(37(4,33)34)22-12-13-23(35-2)24(15-22)36-3/h7-9,12-15,18,21H,5-6,10-11,16-17H2,1-4H3,(H,28,32)/t18-/m1/s1. The molecule has 1 saturated carbocycles. The SMILES string of the molecule is COc1ccc(N(CC(=O)N(Cc2cccc(Br)c2)[C@H](C)C(=O)NC2CCCC2)S(C)(=O)=O)cc1OC. The van der Waals surface area contributed by atoms with Gasteiger partial charge < -0.3 is 19.7 Å². The largest absolute Gasteiger partial charge is 0.493 e. The minimum Gasteiger partial charge on any atom is -0.493 e. The molecule has 3 rings (SSSR count). The van der Waals surface area contributed by atoms with E-state index in [0.717, 1.165) is 46.3 Å². The third kappa shape index (κ3) is 7.61. The molecule has 37 heavy (non-hydrogen) atoms. The lowest BCUT2D eigenvalue weighted by Crippen LogP contribution is -2.52. The van der Waals surface area contributed by atoms with Crippen LogP contribution in [-0.2, 0) is 26.2 Å². The van der Waals surface area contributed by atoms with Crippen molar-refractivity contribution in [2.24, 2.45) is 0 Å². The predicted octanol–water partition coefficient (Wildman–Crippen LogP) is 3.71. The molecule has 1 fully saturated rings. The van der Waals surface area contributed by atoms with Gasteiger partial charge >= 0.3 is 0 Å². The van der Waals surface area contributed by atoms with Gasteiger partial charge in [0.15, 0.2) is 11.5 Å². The number of hydrogen-bond donors (Lipinski definition) is 1. The molecule has 9 nitrogen and oxygen atoms in total. The van der Waals surface area contributed by atoms with Gasteiger partial charge in [-0.1, -0.05) is 40.9 Å². The predicted molar refractivity (Wildman–Crippen MR) is 146 cm³/mol. The highest BCUT2D eigenvalue weighted by atomic mass is 79.9. The summed E-state index contributed by atoms with van der Waals surface area (Å²) in [6.45, 7) is 1.33. The number of halogens is 1. The molecule has 0 heterocycles. The van der Waals surface area contributed by atoms with Crippen molar-refractivity contribution < 1.29 is 27.5 Å². The highest BCUT2D eigenvalue weighted by molar-refractivity contribution is 9.10. The quantitative estimate of drug-likeness (QED) is 0.424. The lowest BCUT2D eigenvalue weighted by Gasteiger charge is -2.32. The van der Waals surface area contributed by atoms with E-state index in [2.05, 4.69) is 21.2 Å². The summed E-state index contributed by atoms with van der Waals surface area (Å²) in [5.41, 5.74) is 1.05. The Hall–Kier alpha value is -2.79. The van der Waals surface area contributed by atoms with Crippen LogP contribution in [0.1, 0.15) is 38.2 Å². The highest BCUT2D eigenvalue weighted by Crippen LogP contribution is 2.32. The average molecular weight is 597 g/mol. The third-order valence-electron chi connectivity index (χ3n) is 6.45. The van der Waals surface area contributed by atoms with E-state index in [1.54, 1.807) is 19.1 Å². The first-order valence-corrected chi connectivity index (χ1v) is 14.7. The van der Waals surface area contributed by atoms with Crippen LogP contribution in [-0.4, -0.2) is 64.2 Å². The monoisotopic (exact) mass is 595 g/mol. The summed E-state index contributed by atoms with van der Waals surface area (Å²) in [5, 5.41) is 3.05. The van der Waals surface area contributed by atoms with Crippen molar-refractivity contribution in [2.45, 2.75) is 51.2 Å². The first-order chi connectivity index (χ1) is 17.5. The summed E-state index contributed by atoms with van der Waals surface area (Å²) >= 11 is 3.44. The molecular formula is C26H34BrN3O6S. The van der Waals surface area contributed by atoms with Gasteiger partial charge in [0.2, 0.25) is 21.8 Å². The van der Waals surface area contributed by atoms with Crippen LogP contribution in [0.3, 0.4) is 0 Å². The molecule has 0 aromatic heterocycles. The maximum atomic E-state index is 13.7. The molecular weight excluding hydrogens is 562 g/mol. The maximum absolute atomic E-state index is 13.7. The van der Waals surface area contributed by atoms with Crippen LogP contribution in [0.15, 0.2) is 46.9 Å². The summed E-state index contributed by atoms with van der Waals surface area (Å²) in [4.78, 5) is 28.2. The van der Waals surface area contributed by atoms with Crippen molar-refractivity contribution in [1.29, 1.82) is 0 Å². The molecule has 0 radical (unpaired) electrons. The molecule has 0 unspecified atom stereocenters. The molecule has 2 aromatic rings. The molecule has 1 aliphatic carbocycles. The van der Waals surface area contributed by atoms with Gasteiger partial charge in [0.1, 0.15) is 12.6 Å². The molecule has 1 aliphatic rings. The van der Waals surface area contributed by atoms with Crippen LogP contribution >= 0.6 is 15.9 Å². The molecule has 2 aromatic carbocycles. The molecule has 0 aliphatic heterocycles. The van der Waals surface area contributed by atoms with Gasteiger partial charge in [-0.25, -0.2) is 8.42 Å². The fraction of sp³-hybridized carbons (Fsp3) is 0.462. The van der Waals surface area contributed by atoms with Crippen molar-refractivity contribution in [3.8, 4) is 11.5 Å². The van der Waals surface area contributed by atoms with Gasteiger partial charge in [-0.15, -0.1) is 0 Å². The van der Waals surface area contributed by atoms with E-state index in [1.165, 1.54) is 25.2 Å². The van der Waals surface area contributed by atoms with Crippen LogP contribution in [0.5, 0.6) is 11.5 Å². The van der Waals surface area contributed by atoms with Gasteiger partial charge in [0, 0.05) is 23.1 Å². The van der Waals surface area contributed by atoms with E-state index in [9.17, 15) is 18.0 Å². The number of carbonyl (C=O) groups is 2. The fourth-order valence-corrected chi connectivity index (χ4v) is 5.69. The zero-order valence-electron chi connectivity index (χ0n) is 21.6. The third-order valence-corrected chi connectivity index (χ3v) is 8.08. The number of anilines is 1. The Morgan fingerprint density at radius 2 is 1.76 bits per heavy atom. The lowest BCUT2D eigenvalue weighted by atomic mass is 10.1. The summed E-state index contributed by atoms with van der Waals surface area (Å²) in [6.07, 6.45) is 4.99. The van der Waals surface area contributed by atoms with Crippen molar-refractivity contribution in [3.63, 3.8) is 0 Å². The topological polar surface area (TPSA) is 105 Å². The molecule has 0 spiro atoms. The second-order valence-electron chi connectivity index (χ2n) is 9.13. The van der Waals surface area contributed by atoms with Gasteiger partial charge in [0.25, 0.3) is 0 Å². The number of carbonyl (C=O) groups excluding carboxylic acids is 2. The van der Waals surface area contributed by atoms with Crippen LogP contribution < -0.4 is 19.1 Å². The Balaban J connectivity index is 1.91. The average Bonchev–Trinajstić information content (AvgIpc) is 3.37. The van der Waals surface area contributed by atoms with E-state index in [4.69, 9.17) is 9.47 Å². The number of rotatable bonds is 11. The second kappa shape index (κ2) is 12.6. The number of hydrogen-bond acceptors (Lipinski definition) is 6. The van der Waals surface area contributed by atoms with Gasteiger partial charge in [-0.2, -0.15) is 0 Å². The van der Waals surface area contributed by atoms with Crippen LogP contribution in [0.2, 0.25) is 0 Å². The molecule has 1 atom stereocenters. The number of sulfonamides is 1. The Morgan fingerprint density at radius 1 is 1.08 bits per heavy atom. The molecule has 2 amide bonds. The van der Waals surface area contributed by atoms with E-state index in [0.29, 0.717) is 11.5 Å². The smallest absolute Gasteiger partial charge is 0.244 e. The normalized spacial score (nSPS) is 14.6. The molecule has 0 bridgehead atoms. The Labute approximate surface area is 227 Å². The van der Waals surface area contributed by atoms with Crippen molar-refractivity contribution in [2.75, 3.05) is 31.3 Å². The zero-order valence-corrected chi connectivity index (χ0v) is 24.0. The number of benzene rings is 2. The molecule has 0 saturated heterocycles. The molecule has 1 N–H and O–H groups in total. The van der Waals surface area contributed by atoms with Crippen molar-refractivity contribution in [3.05, 3.63) is 52.5 Å². The highest BCUT2D eigenvalue weighted by Gasteiger charge is 2.31. The first kappa shape index (κ1) is 28.8. The maximum Gasteiger partial charge on any atom is 0.244 e. The van der Waals surface area contributed by atoms with Crippen molar-refractivity contribution >= 4 is 43.5 Å². The molecule has 202 valence electrons. The number of methoxy groups -OCH3 is 2. The van der Waals surface area contributed by atoms with Crippen LogP contribution in [0.25, 0.3) is 0 Å².